The van der Waals surface area contributed by atoms with Crippen LogP contribution in [0, 0.1) is 0 Å². The fourth-order valence-electron chi connectivity index (χ4n) is 2.28. The molecule has 5 heteroatoms. The van der Waals surface area contributed by atoms with Crippen LogP contribution in [-0.2, 0) is 9.84 Å². The fourth-order valence-corrected chi connectivity index (χ4v) is 6.74. The Morgan fingerprint density at radius 3 is 1.52 bits per heavy atom. The van der Waals surface area contributed by atoms with Crippen molar-refractivity contribution in [2.45, 2.75) is 8.42 Å². The summed E-state index contributed by atoms with van der Waals surface area (Å²) in [7, 11) is -3.43. The molecule has 0 N–H and O–H groups in total. The summed E-state index contributed by atoms with van der Waals surface area (Å²) in [6.07, 6.45) is 0. The van der Waals surface area contributed by atoms with E-state index in [1.807, 2.05) is 48.5 Å². The average molecular weight is 330 g/mol. The molecule has 0 saturated heterocycles. The van der Waals surface area contributed by atoms with Gasteiger partial charge in [-0.1, -0.05) is 36.4 Å². The monoisotopic (exact) mass is 330 g/mol. The van der Waals surface area contributed by atoms with Gasteiger partial charge in [0.05, 0.1) is 0 Å². The zero-order valence-corrected chi connectivity index (χ0v) is 13.3. The summed E-state index contributed by atoms with van der Waals surface area (Å²) in [4.78, 5) is 0. The van der Waals surface area contributed by atoms with Crippen molar-refractivity contribution in [3.05, 3.63) is 60.7 Å². The molecular weight excluding hydrogens is 320 g/mol. The second kappa shape index (κ2) is 4.66. The lowest BCUT2D eigenvalue weighted by atomic mass is 10.3. The summed E-state index contributed by atoms with van der Waals surface area (Å²) >= 11 is 2.66. The van der Waals surface area contributed by atoms with Crippen molar-refractivity contribution in [1.82, 2.24) is 0 Å². The standard InChI is InChI=1S/C16H10O2S3/c17-21(18,15-9-11-5-1-3-7-13(11)19-15)16-10-12-6-2-4-8-14(12)20-16/h1-10H. The third-order valence-corrected chi connectivity index (χ3v) is 8.27. The maximum absolute atomic E-state index is 12.8. The van der Waals surface area contributed by atoms with E-state index in [0.29, 0.717) is 8.42 Å². The largest absolute Gasteiger partial charge is 0.225 e. The summed E-state index contributed by atoms with van der Waals surface area (Å²) in [5.74, 6) is 0. The molecule has 2 heterocycles. The fraction of sp³-hybridized carbons (Fsp3) is 0. The molecule has 0 aliphatic carbocycles. The molecule has 0 spiro atoms. The first kappa shape index (κ1) is 13.0. The van der Waals surface area contributed by atoms with E-state index in [-0.39, 0.29) is 0 Å². The van der Waals surface area contributed by atoms with E-state index >= 15 is 0 Å². The number of rotatable bonds is 2. The highest BCUT2D eigenvalue weighted by molar-refractivity contribution is 7.95. The van der Waals surface area contributed by atoms with E-state index in [1.54, 1.807) is 12.1 Å². The lowest BCUT2D eigenvalue weighted by Gasteiger charge is -1.95. The molecule has 104 valence electrons. The molecule has 2 nitrogen and oxygen atoms in total. The van der Waals surface area contributed by atoms with Crippen LogP contribution in [0.15, 0.2) is 69.1 Å². The number of sulfone groups is 1. The third kappa shape index (κ3) is 2.09. The zero-order valence-electron chi connectivity index (χ0n) is 10.8. The number of hydrogen-bond acceptors (Lipinski definition) is 4. The Balaban J connectivity index is 1.92. The maximum atomic E-state index is 12.8. The van der Waals surface area contributed by atoms with Gasteiger partial charge in [0.25, 0.3) is 0 Å². The topological polar surface area (TPSA) is 34.1 Å². The van der Waals surface area contributed by atoms with Crippen LogP contribution in [0.5, 0.6) is 0 Å². The van der Waals surface area contributed by atoms with Crippen LogP contribution in [0.4, 0.5) is 0 Å². The summed E-state index contributed by atoms with van der Waals surface area (Å²) in [5, 5.41) is 1.95. The van der Waals surface area contributed by atoms with Crippen molar-refractivity contribution in [2.24, 2.45) is 0 Å². The van der Waals surface area contributed by atoms with E-state index in [1.165, 1.54) is 22.7 Å². The molecule has 2 aromatic heterocycles. The quantitative estimate of drug-likeness (QED) is 0.521. The van der Waals surface area contributed by atoms with Crippen LogP contribution in [0.3, 0.4) is 0 Å². The minimum absolute atomic E-state index is 0.412. The van der Waals surface area contributed by atoms with Gasteiger partial charge in [0.15, 0.2) is 0 Å². The third-order valence-electron chi connectivity index (χ3n) is 3.34. The molecule has 2 aromatic carbocycles. The highest BCUT2D eigenvalue weighted by atomic mass is 32.3. The first-order chi connectivity index (χ1) is 10.1. The Morgan fingerprint density at radius 2 is 1.10 bits per heavy atom. The Labute approximate surface area is 130 Å². The number of thiophene rings is 2. The van der Waals surface area contributed by atoms with Gasteiger partial charge in [-0.15, -0.1) is 22.7 Å². The molecule has 4 aromatic rings. The highest BCUT2D eigenvalue weighted by Crippen LogP contribution is 2.37. The van der Waals surface area contributed by atoms with Gasteiger partial charge in [-0.25, -0.2) is 8.42 Å². The van der Waals surface area contributed by atoms with Crippen molar-refractivity contribution < 1.29 is 8.42 Å². The lowest BCUT2D eigenvalue weighted by molar-refractivity contribution is 0.600. The van der Waals surface area contributed by atoms with E-state index in [4.69, 9.17) is 0 Å². The Hall–Kier alpha value is -1.69. The molecule has 0 amide bonds. The van der Waals surface area contributed by atoms with E-state index in [2.05, 4.69) is 0 Å². The molecule has 0 bridgehead atoms. The second-order valence-electron chi connectivity index (χ2n) is 4.71. The average Bonchev–Trinajstić information content (AvgIpc) is 3.11. The van der Waals surface area contributed by atoms with Crippen LogP contribution in [0.1, 0.15) is 0 Å². The Kier molecular flexibility index (Phi) is 2.89. The van der Waals surface area contributed by atoms with Crippen molar-refractivity contribution in [3.63, 3.8) is 0 Å². The molecule has 4 rings (SSSR count). The molecular formula is C16H10O2S3. The van der Waals surface area contributed by atoms with Gasteiger partial charge in [-0.05, 0) is 35.0 Å². The van der Waals surface area contributed by atoms with Gasteiger partial charge in [-0.2, -0.15) is 0 Å². The van der Waals surface area contributed by atoms with E-state index in [9.17, 15) is 8.42 Å². The SMILES string of the molecule is O=S(=O)(c1cc2ccccc2s1)c1cc2ccccc2s1. The van der Waals surface area contributed by atoms with Gasteiger partial charge in [0.2, 0.25) is 9.84 Å². The minimum Gasteiger partial charge on any atom is -0.217 e. The smallest absolute Gasteiger partial charge is 0.217 e. The van der Waals surface area contributed by atoms with Crippen molar-refractivity contribution in [3.8, 4) is 0 Å². The van der Waals surface area contributed by atoms with Gasteiger partial charge >= 0.3 is 0 Å². The van der Waals surface area contributed by atoms with Crippen LogP contribution in [-0.4, -0.2) is 8.42 Å². The number of hydrogen-bond donors (Lipinski definition) is 0. The first-order valence-electron chi connectivity index (χ1n) is 6.37. The second-order valence-corrected chi connectivity index (χ2v) is 9.28. The summed E-state index contributed by atoms with van der Waals surface area (Å²) in [6, 6.07) is 19.0. The predicted octanol–water partition coefficient (Wildman–Crippen LogP) is 4.95. The normalized spacial score (nSPS) is 12.2. The van der Waals surface area contributed by atoms with E-state index in [0.717, 1.165) is 20.2 Å². The molecule has 0 radical (unpaired) electrons. The lowest BCUT2D eigenvalue weighted by Crippen LogP contribution is -1.95. The van der Waals surface area contributed by atoms with Crippen LogP contribution >= 0.6 is 22.7 Å². The summed E-state index contributed by atoms with van der Waals surface area (Å²) in [6.45, 7) is 0. The molecule has 0 unspecified atom stereocenters. The molecule has 0 fully saturated rings. The van der Waals surface area contributed by atoms with Crippen molar-refractivity contribution in [1.29, 1.82) is 0 Å². The predicted molar refractivity (Wildman–Crippen MR) is 89.1 cm³/mol. The van der Waals surface area contributed by atoms with Crippen LogP contribution < -0.4 is 0 Å². The van der Waals surface area contributed by atoms with Gasteiger partial charge in [0, 0.05) is 9.40 Å². The van der Waals surface area contributed by atoms with Crippen LogP contribution in [0.25, 0.3) is 20.2 Å². The molecule has 0 aliphatic heterocycles. The van der Waals surface area contributed by atoms with Gasteiger partial charge in [-0.3, -0.25) is 0 Å². The molecule has 0 saturated carbocycles. The number of fused-ring (bicyclic) bond motifs is 2. The zero-order chi connectivity index (χ0) is 14.4. The minimum atomic E-state index is -3.43. The summed E-state index contributed by atoms with van der Waals surface area (Å²) < 4.78 is 28.4. The van der Waals surface area contributed by atoms with E-state index < -0.39 is 9.84 Å². The Bertz CT molecular complexity index is 909. The highest BCUT2D eigenvalue weighted by Gasteiger charge is 2.22. The Morgan fingerprint density at radius 1 is 0.667 bits per heavy atom. The van der Waals surface area contributed by atoms with Crippen molar-refractivity contribution in [2.75, 3.05) is 0 Å². The molecule has 21 heavy (non-hydrogen) atoms. The maximum Gasteiger partial charge on any atom is 0.225 e. The van der Waals surface area contributed by atoms with Gasteiger partial charge in [0.1, 0.15) is 8.42 Å². The number of benzene rings is 2. The van der Waals surface area contributed by atoms with Crippen molar-refractivity contribution >= 4 is 52.7 Å². The summed E-state index contributed by atoms with van der Waals surface area (Å²) in [5.41, 5.74) is 0. The van der Waals surface area contributed by atoms with Gasteiger partial charge < -0.3 is 0 Å². The first-order valence-corrected chi connectivity index (χ1v) is 9.48. The van der Waals surface area contributed by atoms with Crippen LogP contribution in [0.2, 0.25) is 0 Å². The molecule has 0 aliphatic rings. The molecule has 0 atom stereocenters.